The largest absolute Gasteiger partial charge is 0.439 e. The van der Waals surface area contributed by atoms with Crippen molar-refractivity contribution in [2.45, 2.75) is 45.8 Å². The molecule has 0 aliphatic carbocycles. The summed E-state index contributed by atoms with van der Waals surface area (Å²) in [6.45, 7) is 6.07. The molecule has 0 spiro atoms. The monoisotopic (exact) mass is 473 g/mol. The number of aliphatic hydroxyl groups excluding tert-OH is 1. The zero-order valence-electron chi connectivity index (χ0n) is 20.0. The van der Waals surface area contributed by atoms with Crippen molar-refractivity contribution >= 4 is 0 Å². The van der Waals surface area contributed by atoms with Gasteiger partial charge in [0, 0.05) is 26.7 Å². The lowest BCUT2D eigenvalue weighted by atomic mass is 10.1. The van der Waals surface area contributed by atoms with Crippen LogP contribution < -0.4 is 4.74 Å². The van der Waals surface area contributed by atoms with Crippen molar-refractivity contribution < 1.29 is 23.4 Å². The van der Waals surface area contributed by atoms with Gasteiger partial charge in [0.15, 0.2) is 0 Å². The third kappa shape index (κ3) is 7.09. The molecule has 3 rings (SSSR count). The fraction of sp³-hybridized carbons (Fsp3) is 0.423. The lowest BCUT2D eigenvalue weighted by Crippen LogP contribution is -2.34. The highest BCUT2D eigenvalue weighted by atomic mass is 19.1. The molecule has 0 saturated heterocycles. The third-order valence-electron chi connectivity index (χ3n) is 5.59. The molecule has 184 valence electrons. The first-order chi connectivity index (χ1) is 16.4. The average molecular weight is 474 g/mol. The van der Waals surface area contributed by atoms with E-state index in [0.717, 1.165) is 30.5 Å². The smallest absolute Gasteiger partial charge is 0.227 e. The molecule has 0 amide bonds. The summed E-state index contributed by atoms with van der Waals surface area (Å²) in [6.07, 6.45) is 2.26. The first kappa shape index (κ1) is 25.8. The van der Waals surface area contributed by atoms with Crippen LogP contribution in [0.4, 0.5) is 8.78 Å². The first-order valence-electron chi connectivity index (χ1n) is 11.6. The van der Waals surface area contributed by atoms with Crippen molar-refractivity contribution in [3.05, 3.63) is 71.4 Å². The molecular formula is C26H33F2N3O3. The standard InChI is InChI=1S/C26H33F2N3O3/c1-4-5-6-23(32)17-30(15-16-33-3)18-25-19(2)29-31(22-11-7-20(27)8-12-22)26(25)34-24-13-9-21(28)10-14-24/h7-14,23,32H,4-6,15-18H2,1-3H3. The van der Waals surface area contributed by atoms with E-state index in [9.17, 15) is 13.9 Å². The van der Waals surface area contributed by atoms with Gasteiger partial charge in [0.25, 0.3) is 0 Å². The van der Waals surface area contributed by atoms with Gasteiger partial charge in [-0.1, -0.05) is 19.8 Å². The van der Waals surface area contributed by atoms with Gasteiger partial charge in [-0.05, 0) is 61.9 Å². The predicted octanol–water partition coefficient (Wildman–Crippen LogP) is 5.25. The van der Waals surface area contributed by atoms with Gasteiger partial charge >= 0.3 is 0 Å². The molecule has 1 aromatic heterocycles. The second-order valence-electron chi connectivity index (χ2n) is 8.34. The van der Waals surface area contributed by atoms with Crippen LogP contribution in [-0.2, 0) is 11.3 Å². The summed E-state index contributed by atoms with van der Waals surface area (Å²) < 4.78 is 40.1. The van der Waals surface area contributed by atoms with E-state index in [-0.39, 0.29) is 11.6 Å². The zero-order chi connectivity index (χ0) is 24.5. The van der Waals surface area contributed by atoms with Gasteiger partial charge in [0.1, 0.15) is 17.4 Å². The Morgan fingerprint density at radius 2 is 1.71 bits per heavy atom. The van der Waals surface area contributed by atoms with E-state index in [1.54, 1.807) is 36.1 Å². The minimum atomic E-state index is -0.453. The second kappa shape index (κ2) is 12.6. The quantitative estimate of drug-likeness (QED) is 0.367. The van der Waals surface area contributed by atoms with Crippen molar-refractivity contribution in [1.82, 2.24) is 14.7 Å². The molecule has 1 N–H and O–H groups in total. The Labute approximate surface area is 199 Å². The molecule has 6 nitrogen and oxygen atoms in total. The summed E-state index contributed by atoms with van der Waals surface area (Å²) in [7, 11) is 1.65. The number of unbranched alkanes of at least 4 members (excludes halogenated alkanes) is 1. The maximum atomic E-state index is 13.5. The molecule has 0 aliphatic rings. The molecule has 3 aromatic rings. The summed E-state index contributed by atoms with van der Waals surface area (Å²) in [4.78, 5) is 2.11. The van der Waals surface area contributed by atoms with Crippen LogP contribution in [0.5, 0.6) is 11.6 Å². The molecule has 0 saturated carbocycles. The van der Waals surface area contributed by atoms with Crippen LogP contribution in [0.25, 0.3) is 5.69 Å². The Bertz CT molecular complexity index is 1020. The second-order valence-corrected chi connectivity index (χ2v) is 8.34. The Hall–Kier alpha value is -2.81. The van der Waals surface area contributed by atoms with Crippen molar-refractivity contribution in [2.24, 2.45) is 0 Å². The van der Waals surface area contributed by atoms with E-state index in [1.807, 2.05) is 6.92 Å². The van der Waals surface area contributed by atoms with Crippen LogP contribution in [0, 0.1) is 18.6 Å². The minimum absolute atomic E-state index is 0.347. The number of ether oxygens (including phenoxy) is 2. The fourth-order valence-corrected chi connectivity index (χ4v) is 3.70. The van der Waals surface area contributed by atoms with Gasteiger partial charge in [-0.2, -0.15) is 5.10 Å². The van der Waals surface area contributed by atoms with E-state index < -0.39 is 6.10 Å². The number of aryl methyl sites for hydroxylation is 1. The number of methoxy groups -OCH3 is 1. The van der Waals surface area contributed by atoms with Gasteiger partial charge in [-0.3, -0.25) is 4.90 Å². The SMILES string of the molecule is CCCCC(O)CN(CCOC)Cc1c(C)nn(-c2ccc(F)cc2)c1Oc1ccc(F)cc1. The molecular weight excluding hydrogens is 440 g/mol. The van der Waals surface area contributed by atoms with E-state index in [0.29, 0.717) is 43.6 Å². The molecule has 0 fully saturated rings. The van der Waals surface area contributed by atoms with Crippen molar-refractivity contribution in [3.8, 4) is 17.3 Å². The van der Waals surface area contributed by atoms with Crippen LogP contribution in [0.2, 0.25) is 0 Å². The molecule has 2 aromatic carbocycles. The Morgan fingerprint density at radius 3 is 2.32 bits per heavy atom. The number of halogens is 2. The lowest BCUT2D eigenvalue weighted by molar-refractivity contribution is 0.0786. The lowest BCUT2D eigenvalue weighted by Gasteiger charge is -2.25. The van der Waals surface area contributed by atoms with Gasteiger partial charge < -0.3 is 14.6 Å². The predicted molar refractivity (Wildman–Crippen MR) is 127 cm³/mol. The summed E-state index contributed by atoms with van der Waals surface area (Å²) in [5, 5.41) is 15.2. The molecule has 34 heavy (non-hydrogen) atoms. The first-order valence-corrected chi connectivity index (χ1v) is 11.6. The molecule has 1 heterocycles. The highest BCUT2D eigenvalue weighted by Crippen LogP contribution is 2.32. The molecule has 1 unspecified atom stereocenters. The van der Waals surface area contributed by atoms with E-state index >= 15 is 0 Å². The maximum Gasteiger partial charge on any atom is 0.227 e. The Kier molecular flexibility index (Phi) is 9.56. The third-order valence-corrected chi connectivity index (χ3v) is 5.59. The Balaban J connectivity index is 1.96. The van der Waals surface area contributed by atoms with Crippen LogP contribution in [-0.4, -0.2) is 52.7 Å². The molecule has 0 bridgehead atoms. The van der Waals surface area contributed by atoms with Crippen LogP contribution in [0.3, 0.4) is 0 Å². The zero-order valence-corrected chi connectivity index (χ0v) is 20.0. The number of hydrogen-bond acceptors (Lipinski definition) is 5. The van der Waals surface area contributed by atoms with Crippen molar-refractivity contribution in [3.63, 3.8) is 0 Å². The van der Waals surface area contributed by atoms with E-state index in [1.165, 1.54) is 24.3 Å². The molecule has 0 aliphatic heterocycles. The Morgan fingerprint density at radius 1 is 1.06 bits per heavy atom. The van der Waals surface area contributed by atoms with Crippen molar-refractivity contribution in [2.75, 3.05) is 26.8 Å². The van der Waals surface area contributed by atoms with Crippen molar-refractivity contribution in [1.29, 1.82) is 0 Å². The number of aromatic nitrogens is 2. The number of hydrogen-bond donors (Lipinski definition) is 1. The molecule has 0 radical (unpaired) electrons. The van der Waals surface area contributed by atoms with Gasteiger partial charge in [0.2, 0.25) is 5.88 Å². The average Bonchev–Trinajstić information content (AvgIpc) is 3.12. The van der Waals surface area contributed by atoms with Gasteiger partial charge in [-0.25, -0.2) is 13.5 Å². The fourth-order valence-electron chi connectivity index (χ4n) is 3.70. The van der Waals surface area contributed by atoms with Crippen LogP contribution in [0.1, 0.15) is 37.4 Å². The number of nitrogens with zero attached hydrogens (tertiary/aromatic N) is 3. The van der Waals surface area contributed by atoms with Crippen LogP contribution >= 0.6 is 0 Å². The number of benzene rings is 2. The summed E-state index contributed by atoms with van der Waals surface area (Å²) >= 11 is 0. The van der Waals surface area contributed by atoms with E-state index in [2.05, 4.69) is 16.9 Å². The van der Waals surface area contributed by atoms with Gasteiger partial charge in [-0.15, -0.1) is 0 Å². The highest BCUT2D eigenvalue weighted by molar-refractivity contribution is 5.43. The maximum absolute atomic E-state index is 13.5. The normalized spacial score (nSPS) is 12.3. The summed E-state index contributed by atoms with van der Waals surface area (Å²) in [5.41, 5.74) is 2.21. The summed E-state index contributed by atoms with van der Waals surface area (Å²) in [5.74, 6) is 0.210. The molecule has 1 atom stereocenters. The molecule has 8 heteroatoms. The minimum Gasteiger partial charge on any atom is -0.439 e. The highest BCUT2D eigenvalue weighted by Gasteiger charge is 2.22. The number of aliphatic hydroxyl groups is 1. The summed E-state index contributed by atoms with van der Waals surface area (Å²) in [6, 6.07) is 11.7. The number of rotatable bonds is 13. The van der Waals surface area contributed by atoms with Crippen LogP contribution in [0.15, 0.2) is 48.5 Å². The van der Waals surface area contributed by atoms with E-state index in [4.69, 9.17) is 9.47 Å². The topological polar surface area (TPSA) is 59.8 Å². The van der Waals surface area contributed by atoms with Gasteiger partial charge in [0.05, 0.1) is 29.7 Å².